The predicted molar refractivity (Wildman–Crippen MR) is 286 cm³/mol. The lowest BCUT2D eigenvalue weighted by molar-refractivity contribution is -0.302. The lowest BCUT2D eigenvalue weighted by atomic mass is 9.99. The molecule has 68 heavy (non-hydrogen) atoms. The van der Waals surface area contributed by atoms with Crippen LogP contribution in [-0.2, 0) is 14.3 Å². The summed E-state index contributed by atoms with van der Waals surface area (Å²) in [6.07, 6.45) is 57.0. The molecular formula is C59H111NO8. The molecule has 1 saturated heterocycles. The normalized spacial score (nSPS) is 19.8. The number of rotatable bonds is 50. The summed E-state index contributed by atoms with van der Waals surface area (Å²) in [5.74, 6) is -0.189. The summed E-state index contributed by atoms with van der Waals surface area (Å²) in [5, 5.41) is 54.2. The second-order valence-electron chi connectivity index (χ2n) is 20.4. The van der Waals surface area contributed by atoms with E-state index in [1.807, 2.05) is 6.08 Å². The van der Waals surface area contributed by atoms with Gasteiger partial charge >= 0.3 is 0 Å². The van der Waals surface area contributed by atoms with Gasteiger partial charge in [-0.15, -0.1) is 0 Å². The Kier molecular flexibility index (Phi) is 46.4. The van der Waals surface area contributed by atoms with Gasteiger partial charge in [-0.2, -0.15) is 0 Å². The third kappa shape index (κ3) is 38.1. The molecule has 0 aliphatic carbocycles. The number of aliphatic hydroxyl groups excluding tert-OH is 5. The van der Waals surface area contributed by atoms with Gasteiger partial charge in [-0.1, -0.05) is 269 Å². The van der Waals surface area contributed by atoms with Crippen molar-refractivity contribution in [2.45, 2.75) is 320 Å². The maximum absolute atomic E-state index is 13.0. The summed E-state index contributed by atoms with van der Waals surface area (Å²) in [4.78, 5) is 13.0. The van der Waals surface area contributed by atoms with E-state index in [-0.39, 0.29) is 12.5 Å². The summed E-state index contributed by atoms with van der Waals surface area (Å²) in [6.45, 7) is 3.65. The molecule has 0 aromatic rings. The molecule has 9 heteroatoms. The van der Waals surface area contributed by atoms with Crippen molar-refractivity contribution in [1.29, 1.82) is 0 Å². The van der Waals surface area contributed by atoms with Crippen molar-refractivity contribution in [2.75, 3.05) is 13.2 Å². The molecule has 0 radical (unpaired) electrons. The first-order chi connectivity index (χ1) is 33.3. The fourth-order valence-electron chi connectivity index (χ4n) is 9.38. The van der Waals surface area contributed by atoms with E-state index in [0.717, 1.165) is 51.4 Å². The molecule has 1 amide bonds. The van der Waals surface area contributed by atoms with Gasteiger partial charge in [0.05, 0.1) is 25.4 Å². The average Bonchev–Trinajstić information content (AvgIpc) is 3.34. The van der Waals surface area contributed by atoms with Gasteiger partial charge < -0.3 is 40.3 Å². The van der Waals surface area contributed by atoms with Crippen LogP contribution >= 0.6 is 0 Å². The largest absolute Gasteiger partial charge is 0.394 e. The molecule has 1 rings (SSSR count). The molecule has 0 bridgehead atoms. The van der Waals surface area contributed by atoms with E-state index >= 15 is 0 Å². The van der Waals surface area contributed by atoms with Crippen molar-refractivity contribution < 1.29 is 39.8 Å². The molecule has 1 aliphatic rings. The predicted octanol–water partition coefficient (Wildman–Crippen LogP) is 14.4. The smallest absolute Gasteiger partial charge is 0.220 e. The number of hydrogen-bond donors (Lipinski definition) is 6. The van der Waals surface area contributed by atoms with Crippen LogP contribution in [0.5, 0.6) is 0 Å². The summed E-state index contributed by atoms with van der Waals surface area (Å²) in [6, 6.07) is -0.824. The molecule has 1 aliphatic heterocycles. The lowest BCUT2D eigenvalue weighted by Gasteiger charge is -2.40. The number of amides is 1. The van der Waals surface area contributed by atoms with Gasteiger partial charge in [-0.3, -0.25) is 4.79 Å². The Labute approximate surface area is 419 Å². The molecule has 7 unspecified atom stereocenters. The molecule has 0 aromatic carbocycles. The van der Waals surface area contributed by atoms with E-state index in [1.165, 1.54) is 205 Å². The van der Waals surface area contributed by atoms with Gasteiger partial charge in [0.2, 0.25) is 5.91 Å². The number of unbranched alkanes of at least 4 members (excludes halogenated alkanes) is 36. The Hall–Kier alpha value is -1.59. The number of aliphatic hydroxyl groups is 5. The van der Waals surface area contributed by atoms with Crippen LogP contribution in [0.25, 0.3) is 0 Å². The Morgan fingerprint density at radius 1 is 0.500 bits per heavy atom. The van der Waals surface area contributed by atoms with Gasteiger partial charge in [0.15, 0.2) is 6.29 Å². The minimum absolute atomic E-state index is 0.189. The van der Waals surface area contributed by atoms with E-state index in [1.54, 1.807) is 6.08 Å². The summed E-state index contributed by atoms with van der Waals surface area (Å²) in [7, 11) is 0. The number of carbonyl (C=O) groups excluding carboxylic acids is 1. The van der Waals surface area contributed by atoms with Crippen molar-refractivity contribution in [3.63, 3.8) is 0 Å². The summed E-state index contributed by atoms with van der Waals surface area (Å²) in [5.41, 5.74) is 0. The first kappa shape index (κ1) is 64.4. The van der Waals surface area contributed by atoms with Crippen molar-refractivity contribution in [1.82, 2.24) is 5.32 Å². The summed E-state index contributed by atoms with van der Waals surface area (Å²) >= 11 is 0. The molecule has 400 valence electrons. The number of carbonyl (C=O) groups is 1. The molecule has 9 nitrogen and oxygen atoms in total. The monoisotopic (exact) mass is 962 g/mol. The van der Waals surface area contributed by atoms with E-state index in [2.05, 4.69) is 43.5 Å². The zero-order valence-corrected chi connectivity index (χ0v) is 44.4. The number of ether oxygens (including phenoxy) is 2. The van der Waals surface area contributed by atoms with E-state index in [9.17, 15) is 30.3 Å². The number of nitrogens with one attached hydrogen (secondary N) is 1. The van der Waals surface area contributed by atoms with E-state index in [4.69, 9.17) is 9.47 Å². The maximum Gasteiger partial charge on any atom is 0.220 e. The van der Waals surface area contributed by atoms with E-state index in [0.29, 0.717) is 6.42 Å². The van der Waals surface area contributed by atoms with Crippen LogP contribution in [0.1, 0.15) is 277 Å². The van der Waals surface area contributed by atoms with Gasteiger partial charge in [0.1, 0.15) is 24.4 Å². The van der Waals surface area contributed by atoms with E-state index < -0.39 is 49.5 Å². The Morgan fingerprint density at radius 2 is 0.853 bits per heavy atom. The minimum atomic E-state index is -1.57. The second kappa shape index (κ2) is 49.0. The van der Waals surface area contributed by atoms with Gasteiger partial charge in [-0.25, -0.2) is 0 Å². The first-order valence-electron chi connectivity index (χ1n) is 29.2. The zero-order valence-electron chi connectivity index (χ0n) is 44.4. The van der Waals surface area contributed by atoms with Gasteiger partial charge in [0, 0.05) is 6.42 Å². The molecule has 1 fully saturated rings. The second-order valence-corrected chi connectivity index (χ2v) is 20.4. The molecule has 0 spiro atoms. The van der Waals surface area contributed by atoms with Crippen molar-refractivity contribution in [2.24, 2.45) is 0 Å². The Bertz CT molecular complexity index is 1160. The third-order valence-corrected chi connectivity index (χ3v) is 14.0. The lowest BCUT2D eigenvalue weighted by Crippen LogP contribution is -2.60. The SMILES string of the molecule is CC/C=C/CC/C=C/CC/C=C/C(O)C(COC1OC(CO)C(O)C(O)C1O)NC(=O)CCCCCCCCCCCCCCCCCCCCCCCCCCCCCCCCCCCCC. The van der Waals surface area contributed by atoms with Gasteiger partial charge in [0.25, 0.3) is 0 Å². The van der Waals surface area contributed by atoms with Crippen LogP contribution in [0.3, 0.4) is 0 Å². The van der Waals surface area contributed by atoms with Crippen LogP contribution in [0.15, 0.2) is 36.5 Å². The summed E-state index contributed by atoms with van der Waals surface area (Å²) < 4.78 is 11.2. The third-order valence-electron chi connectivity index (χ3n) is 14.0. The first-order valence-corrected chi connectivity index (χ1v) is 29.2. The highest BCUT2D eigenvalue weighted by Gasteiger charge is 2.44. The highest BCUT2D eigenvalue weighted by molar-refractivity contribution is 5.76. The van der Waals surface area contributed by atoms with Crippen molar-refractivity contribution >= 4 is 5.91 Å². The van der Waals surface area contributed by atoms with Crippen LogP contribution in [0.2, 0.25) is 0 Å². The zero-order chi connectivity index (χ0) is 49.4. The van der Waals surface area contributed by atoms with Gasteiger partial charge in [-0.05, 0) is 38.5 Å². The fraction of sp³-hybridized carbons (Fsp3) is 0.881. The van der Waals surface area contributed by atoms with Crippen LogP contribution in [-0.4, -0.2) is 87.5 Å². The highest BCUT2D eigenvalue weighted by atomic mass is 16.7. The standard InChI is InChI=1S/C59H111NO8/c1-3-5-7-9-11-13-15-16-17-18-19-20-21-22-23-24-25-26-27-28-29-30-31-32-33-34-35-36-37-38-39-41-43-45-47-49-55(63)60-52(51-67-59-58(66)57(65)56(64)54(50-61)68-59)53(62)48-46-44-42-40-14-12-10-8-6-4-2/h6,8,14,40,46,48,52-54,56-59,61-62,64-66H,3-5,7,9-13,15-39,41-45,47,49-51H2,1-2H3,(H,60,63)/b8-6+,40-14+,48-46+. The molecule has 0 saturated carbocycles. The molecule has 0 aromatic heterocycles. The quantitative estimate of drug-likeness (QED) is 0.0261. The minimum Gasteiger partial charge on any atom is -0.394 e. The van der Waals surface area contributed by atoms with Crippen LogP contribution in [0, 0.1) is 0 Å². The average molecular weight is 963 g/mol. The highest BCUT2D eigenvalue weighted by Crippen LogP contribution is 2.23. The molecule has 6 N–H and O–H groups in total. The molecular weight excluding hydrogens is 851 g/mol. The molecule has 7 atom stereocenters. The van der Waals surface area contributed by atoms with Crippen molar-refractivity contribution in [3.8, 4) is 0 Å². The molecule has 1 heterocycles. The number of allylic oxidation sites excluding steroid dienone is 5. The Morgan fingerprint density at radius 3 is 1.22 bits per heavy atom. The number of hydrogen-bond acceptors (Lipinski definition) is 8. The van der Waals surface area contributed by atoms with Crippen LogP contribution < -0.4 is 5.32 Å². The maximum atomic E-state index is 13.0. The van der Waals surface area contributed by atoms with Crippen LogP contribution in [0.4, 0.5) is 0 Å². The fourth-order valence-corrected chi connectivity index (χ4v) is 9.38. The van der Waals surface area contributed by atoms with Crippen molar-refractivity contribution in [3.05, 3.63) is 36.5 Å². The topological polar surface area (TPSA) is 149 Å². The Balaban J connectivity index is 2.03.